The molecule has 0 spiro atoms. The molecule has 0 saturated heterocycles. The Labute approximate surface area is 123 Å². The molecule has 1 aromatic carbocycles. The van der Waals surface area contributed by atoms with Crippen LogP contribution in [-0.2, 0) is 11.3 Å². The van der Waals surface area contributed by atoms with Crippen LogP contribution in [0.4, 0.5) is 0 Å². The Morgan fingerprint density at radius 3 is 2.67 bits per heavy atom. The first-order chi connectivity index (χ1) is 9.91. The van der Waals surface area contributed by atoms with Gasteiger partial charge in [0.05, 0.1) is 19.2 Å². The molecule has 1 aromatic heterocycles. The van der Waals surface area contributed by atoms with Crippen LogP contribution >= 0.6 is 0 Å². The minimum absolute atomic E-state index is 0.0699. The number of carbonyl (C=O) groups is 1. The van der Waals surface area contributed by atoms with E-state index in [9.17, 15) is 4.79 Å². The number of hydrogen-bond acceptors (Lipinski definition) is 5. The molecule has 0 aliphatic heterocycles. The van der Waals surface area contributed by atoms with Gasteiger partial charge in [0.2, 0.25) is 11.8 Å². The maximum atomic E-state index is 11.8. The van der Waals surface area contributed by atoms with Crippen molar-refractivity contribution in [3.63, 3.8) is 0 Å². The number of amides is 1. The van der Waals surface area contributed by atoms with Crippen LogP contribution in [0.1, 0.15) is 26.7 Å². The Morgan fingerprint density at radius 1 is 1.29 bits per heavy atom. The number of ether oxygens (including phenoxy) is 1. The van der Waals surface area contributed by atoms with Crippen LogP contribution in [0.3, 0.4) is 0 Å². The molecule has 6 heteroatoms. The molecule has 0 bridgehead atoms. The van der Waals surface area contributed by atoms with E-state index in [0.717, 1.165) is 5.56 Å². The predicted molar refractivity (Wildman–Crippen MR) is 77.6 cm³/mol. The molecule has 21 heavy (non-hydrogen) atoms. The Kier molecular flexibility index (Phi) is 4.26. The van der Waals surface area contributed by atoms with Gasteiger partial charge in [-0.2, -0.15) is 0 Å². The molecule has 0 atom stereocenters. The first kappa shape index (κ1) is 15.0. The topological polar surface area (TPSA) is 77.3 Å². The van der Waals surface area contributed by atoms with Crippen LogP contribution in [0, 0.1) is 5.41 Å². The predicted octanol–water partition coefficient (Wildman–Crippen LogP) is 2.41. The van der Waals surface area contributed by atoms with Crippen molar-refractivity contribution >= 4 is 5.91 Å². The summed E-state index contributed by atoms with van der Waals surface area (Å²) in [4.78, 5) is 11.8. The Morgan fingerprint density at radius 2 is 2.00 bits per heavy atom. The Balaban J connectivity index is 2.10. The van der Waals surface area contributed by atoms with Crippen molar-refractivity contribution in [2.75, 3.05) is 7.11 Å². The monoisotopic (exact) mass is 289 g/mol. The lowest BCUT2D eigenvalue weighted by Gasteiger charge is -2.16. The van der Waals surface area contributed by atoms with E-state index in [0.29, 0.717) is 17.5 Å². The van der Waals surface area contributed by atoms with Gasteiger partial charge < -0.3 is 14.5 Å². The largest absolute Gasteiger partial charge is 0.496 e. The van der Waals surface area contributed by atoms with Gasteiger partial charge >= 0.3 is 0 Å². The fourth-order valence-electron chi connectivity index (χ4n) is 1.68. The molecule has 1 amide bonds. The molecular formula is C15H19N3O3. The molecule has 2 aromatic rings. The normalized spacial score (nSPS) is 11.2. The van der Waals surface area contributed by atoms with Gasteiger partial charge in [-0.15, -0.1) is 10.2 Å². The van der Waals surface area contributed by atoms with E-state index >= 15 is 0 Å². The highest BCUT2D eigenvalue weighted by Gasteiger charge is 2.21. The standard InChI is InChI=1S/C15H19N3O3/c1-15(2,3)14(19)16-9-12-17-18-13(21-12)10-7-5-6-8-11(10)20-4/h5-8H,9H2,1-4H3,(H,16,19). The van der Waals surface area contributed by atoms with Gasteiger partial charge in [-0.1, -0.05) is 32.9 Å². The van der Waals surface area contributed by atoms with E-state index in [1.54, 1.807) is 7.11 Å². The zero-order valence-corrected chi connectivity index (χ0v) is 12.6. The lowest BCUT2D eigenvalue weighted by Crippen LogP contribution is -2.34. The summed E-state index contributed by atoms with van der Waals surface area (Å²) in [5, 5.41) is 10.7. The summed E-state index contributed by atoms with van der Waals surface area (Å²) in [6, 6.07) is 7.39. The number of benzene rings is 1. The number of methoxy groups -OCH3 is 1. The molecule has 0 aliphatic carbocycles. The summed E-state index contributed by atoms with van der Waals surface area (Å²) in [6.07, 6.45) is 0. The van der Waals surface area contributed by atoms with E-state index in [1.165, 1.54) is 0 Å². The molecule has 0 aliphatic rings. The molecular weight excluding hydrogens is 270 g/mol. The molecule has 6 nitrogen and oxygen atoms in total. The molecule has 0 unspecified atom stereocenters. The van der Waals surface area contributed by atoms with Crippen molar-refractivity contribution in [2.24, 2.45) is 5.41 Å². The maximum Gasteiger partial charge on any atom is 0.251 e. The second kappa shape index (κ2) is 5.95. The number of nitrogens with one attached hydrogen (secondary N) is 1. The third-order valence-electron chi connectivity index (χ3n) is 2.89. The molecule has 0 saturated carbocycles. The first-order valence-corrected chi connectivity index (χ1v) is 6.66. The molecule has 0 radical (unpaired) electrons. The number of carbonyl (C=O) groups excluding carboxylic acids is 1. The van der Waals surface area contributed by atoms with Gasteiger partial charge in [0, 0.05) is 5.41 Å². The van der Waals surface area contributed by atoms with Gasteiger partial charge in [0.1, 0.15) is 5.75 Å². The number of nitrogens with zero attached hydrogens (tertiary/aromatic N) is 2. The highest BCUT2D eigenvalue weighted by molar-refractivity contribution is 5.81. The van der Waals surface area contributed by atoms with Crippen LogP contribution in [0.5, 0.6) is 5.75 Å². The number of rotatable bonds is 4. The van der Waals surface area contributed by atoms with Gasteiger partial charge in [0.15, 0.2) is 0 Å². The van der Waals surface area contributed by atoms with Gasteiger partial charge in [-0.3, -0.25) is 4.79 Å². The van der Waals surface area contributed by atoms with Crippen molar-refractivity contribution in [1.29, 1.82) is 0 Å². The highest BCUT2D eigenvalue weighted by Crippen LogP contribution is 2.28. The summed E-state index contributed by atoms with van der Waals surface area (Å²) in [6.45, 7) is 5.74. The molecule has 0 fully saturated rings. The van der Waals surface area contributed by atoms with Gasteiger partial charge in [-0.25, -0.2) is 0 Å². The number of para-hydroxylation sites is 1. The summed E-state index contributed by atoms with van der Waals surface area (Å²) in [7, 11) is 1.58. The smallest absolute Gasteiger partial charge is 0.251 e. The van der Waals surface area contributed by atoms with Crippen molar-refractivity contribution in [1.82, 2.24) is 15.5 Å². The summed E-state index contributed by atoms with van der Waals surface area (Å²) in [5.41, 5.74) is 0.270. The fraction of sp³-hybridized carbons (Fsp3) is 0.400. The number of hydrogen-bond donors (Lipinski definition) is 1. The lowest BCUT2D eigenvalue weighted by molar-refractivity contribution is -0.128. The van der Waals surface area contributed by atoms with E-state index in [4.69, 9.17) is 9.15 Å². The van der Waals surface area contributed by atoms with Gasteiger partial charge in [-0.05, 0) is 12.1 Å². The van der Waals surface area contributed by atoms with Crippen LogP contribution in [0.2, 0.25) is 0 Å². The minimum Gasteiger partial charge on any atom is -0.496 e. The fourth-order valence-corrected chi connectivity index (χ4v) is 1.68. The molecule has 112 valence electrons. The maximum absolute atomic E-state index is 11.8. The Hall–Kier alpha value is -2.37. The van der Waals surface area contributed by atoms with Crippen LogP contribution in [0.25, 0.3) is 11.5 Å². The second-order valence-corrected chi connectivity index (χ2v) is 5.63. The van der Waals surface area contributed by atoms with E-state index in [1.807, 2.05) is 45.0 Å². The zero-order valence-electron chi connectivity index (χ0n) is 12.6. The quantitative estimate of drug-likeness (QED) is 0.935. The third-order valence-corrected chi connectivity index (χ3v) is 2.89. The Bertz CT molecular complexity index is 629. The number of aromatic nitrogens is 2. The van der Waals surface area contributed by atoms with E-state index < -0.39 is 5.41 Å². The average molecular weight is 289 g/mol. The van der Waals surface area contributed by atoms with E-state index in [2.05, 4.69) is 15.5 Å². The average Bonchev–Trinajstić information content (AvgIpc) is 2.92. The highest BCUT2D eigenvalue weighted by atomic mass is 16.5. The van der Waals surface area contributed by atoms with Crippen molar-refractivity contribution < 1.29 is 13.9 Å². The van der Waals surface area contributed by atoms with Crippen molar-refractivity contribution in [3.8, 4) is 17.2 Å². The molecule has 1 heterocycles. The zero-order chi connectivity index (χ0) is 15.5. The molecule has 2 rings (SSSR count). The van der Waals surface area contributed by atoms with Gasteiger partial charge in [0.25, 0.3) is 5.89 Å². The van der Waals surface area contributed by atoms with Crippen molar-refractivity contribution in [3.05, 3.63) is 30.2 Å². The summed E-state index contributed by atoms with van der Waals surface area (Å²) in [5.74, 6) is 1.31. The lowest BCUT2D eigenvalue weighted by atomic mass is 9.96. The summed E-state index contributed by atoms with van der Waals surface area (Å²) < 4.78 is 10.8. The second-order valence-electron chi connectivity index (χ2n) is 5.63. The van der Waals surface area contributed by atoms with Crippen molar-refractivity contribution in [2.45, 2.75) is 27.3 Å². The third kappa shape index (κ3) is 3.59. The minimum atomic E-state index is -0.453. The molecule has 1 N–H and O–H groups in total. The SMILES string of the molecule is COc1ccccc1-c1nnc(CNC(=O)C(C)(C)C)o1. The van der Waals surface area contributed by atoms with Crippen LogP contribution < -0.4 is 10.1 Å². The summed E-state index contributed by atoms with van der Waals surface area (Å²) >= 11 is 0. The van der Waals surface area contributed by atoms with E-state index in [-0.39, 0.29) is 12.5 Å². The van der Waals surface area contributed by atoms with Crippen LogP contribution in [-0.4, -0.2) is 23.2 Å². The van der Waals surface area contributed by atoms with Crippen LogP contribution in [0.15, 0.2) is 28.7 Å². The first-order valence-electron chi connectivity index (χ1n) is 6.66.